The first-order chi connectivity index (χ1) is 9.38. The van der Waals surface area contributed by atoms with Crippen molar-refractivity contribution in [2.45, 2.75) is 30.2 Å². The first-order valence-corrected chi connectivity index (χ1v) is 8.05. The molecule has 3 nitrogen and oxygen atoms in total. The molecular weight excluding hydrogens is 258 g/mol. The van der Waals surface area contributed by atoms with Gasteiger partial charge in [0.25, 0.3) is 0 Å². The van der Waals surface area contributed by atoms with Crippen molar-refractivity contribution in [2.24, 2.45) is 0 Å². The highest BCUT2D eigenvalue weighted by Gasteiger charge is 2.31. The molecule has 1 fully saturated rings. The summed E-state index contributed by atoms with van der Waals surface area (Å²) < 4.78 is 11.6. The lowest BCUT2D eigenvalue weighted by Gasteiger charge is -2.33. The Kier molecular flexibility index (Phi) is 4.31. The SMILES string of the molecule is CNC1c2ccccc2OCC1SCC1CCCO1. The van der Waals surface area contributed by atoms with Crippen LogP contribution in [0.25, 0.3) is 0 Å². The number of para-hydroxylation sites is 1. The molecule has 2 aliphatic heterocycles. The summed E-state index contributed by atoms with van der Waals surface area (Å²) >= 11 is 1.98. The van der Waals surface area contributed by atoms with Gasteiger partial charge in [-0.25, -0.2) is 0 Å². The fourth-order valence-electron chi connectivity index (χ4n) is 2.83. The Morgan fingerprint density at radius 1 is 1.37 bits per heavy atom. The minimum absolute atomic E-state index is 0.372. The second kappa shape index (κ2) is 6.16. The molecule has 1 saturated heterocycles. The van der Waals surface area contributed by atoms with Gasteiger partial charge in [-0.1, -0.05) is 18.2 Å². The van der Waals surface area contributed by atoms with Crippen LogP contribution in [0.1, 0.15) is 24.4 Å². The third-order valence-corrected chi connectivity index (χ3v) is 5.26. The molecular formula is C15H21NO2S. The van der Waals surface area contributed by atoms with Crippen molar-refractivity contribution in [2.75, 3.05) is 26.0 Å². The van der Waals surface area contributed by atoms with Crippen molar-refractivity contribution in [1.82, 2.24) is 5.32 Å². The number of hydrogen-bond donors (Lipinski definition) is 1. The van der Waals surface area contributed by atoms with Crippen LogP contribution in [0.4, 0.5) is 0 Å². The molecule has 0 aliphatic carbocycles. The fourth-order valence-corrected chi connectivity index (χ4v) is 4.19. The topological polar surface area (TPSA) is 30.5 Å². The van der Waals surface area contributed by atoms with Gasteiger partial charge in [0, 0.05) is 17.9 Å². The summed E-state index contributed by atoms with van der Waals surface area (Å²) in [6.07, 6.45) is 2.87. The third kappa shape index (κ3) is 2.91. The Bertz CT molecular complexity index is 420. The maximum Gasteiger partial charge on any atom is 0.124 e. The van der Waals surface area contributed by atoms with Crippen molar-refractivity contribution < 1.29 is 9.47 Å². The highest BCUT2D eigenvalue weighted by Crippen LogP contribution is 2.37. The van der Waals surface area contributed by atoms with Gasteiger partial charge in [-0.05, 0) is 26.0 Å². The van der Waals surface area contributed by atoms with Crippen LogP contribution in [-0.4, -0.2) is 37.4 Å². The Morgan fingerprint density at radius 3 is 3.05 bits per heavy atom. The first-order valence-electron chi connectivity index (χ1n) is 7.00. The van der Waals surface area contributed by atoms with Crippen LogP contribution < -0.4 is 10.1 Å². The summed E-state index contributed by atoms with van der Waals surface area (Å²) in [7, 11) is 2.03. The van der Waals surface area contributed by atoms with Crippen molar-refractivity contribution in [1.29, 1.82) is 0 Å². The number of rotatable bonds is 4. The van der Waals surface area contributed by atoms with Crippen LogP contribution in [0.5, 0.6) is 5.75 Å². The van der Waals surface area contributed by atoms with Gasteiger partial charge in [0.2, 0.25) is 0 Å². The molecule has 104 valence electrons. The van der Waals surface area contributed by atoms with E-state index in [0.717, 1.165) is 24.7 Å². The Hall–Kier alpha value is -0.710. The average Bonchev–Trinajstić information content (AvgIpc) is 2.97. The normalized spacial score (nSPS) is 29.8. The number of benzene rings is 1. The molecule has 0 bridgehead atoms. The predicted molar refractivity (Wildman–Crippen MR) is 79.0 cm³/mol. The molecule has 3 atom stereocenters. The van der Waals surface area contributed by atoms with E-state index in [2.05, 4.69) is 23.5 Å². The molecule has 2 aliphatic rings. The summed E-state index contributed by atoms with van der Waals surface area (Å²) in [6, 6.07) is 8.71. The number of thioether (sulfide) groups is 1. The molecule has 2 heterocycles. The highest BCUT2D eigenvalue weighted by atomic mass is 32.2. The van der Waals surface area contributed by atoms with Gasteiger partial charge in [0.1, 0.15) is 12.4 Å². The summed E-state index contributed by atoms with van der Waals surface area (Å²) in [5.41, 5.74) is 1.28. The van der Waals surface area contributed by atoms with Gasteiger partial charge in [0.05, 0.1) is 17.4 Å². The monoisotopic (exact) mass is 279 g/mol. The molecule has 19 heavy (non-hydrogen) atoms. The van der Waals surface area contributed by atoms with E-state index in [1.165, 1.54) is 18.4 Å². The van der Waals surface area contributed by atoms with Crippen LogP contribution in [0.3, 0.4) is 0 Å². The molecule has 0 amide bonds. The van der Waals surface area contributed by atoms with Gasteiger partial charge in [-0.15, -0.1) is 0 Å². The fraction of sp³-hybridized carbons (Fsp3) is 0.600. The summed E-state index contributed by atoms with van der Waals surface area (Å²) in [6.45, 7) is 1.71. The standard InChI is InChI=1S/C15H21NO2S/c1-16-15-12-6-2-3-7-13(12)18-9-14(15)19-10-11-5-4-8-17-11/h2-3,6-7,11,14-16H,4-5,8-10H2,1H3. The Morgan fingerprint density at radius 2 is 2.26 bits per heavy atom. The van der Waals surface area contributed by atoms with Gasteiger partial charge in [-0.2, -0.15) is 11.8 Å². The number of hydrogen-bond acceptors (Lipinski definition) is 4. The molecule has 1 aromatic carbocycles. The largest absolute Gasteiger partial charge is 0.492 e. The van der Waals surface area contributed by atoms with Crippen LogP contribution in [0.15, 0.2) is 24.3 Å². The molecule has 0 saturated carbocycles. The van der Waals surface area contributed by atoms with Crippen LogP contribution in [-0.2, 0) is 4.74 Å². The van der Waals surface area contributed by atoms with Crippen molar-refractivity contribution in [3.05, 3.63) is 29.8 Å². The van der Waals surface area contributed by atoms with Crippen molar-refractivity contribution in [3.63, 3.8) is 0 Å². The van der Waals surface area contributed by atoms with E-state index >= 15 is 0 Å². The molecule has 1 aromatic rings. The Labute approximate surface area is 119 Å². The minimum atomic E-state index is 0.372. The molecule has 0 aromatic heterocycles. The second-order valence-corrected chi connectivity index (χ2v) is 6.39. The quantitative estimate of drug-likeness (QED) is 0.918. The smallest absolute Gasteiger partial charge is 0.124 e. The van der Waals surface area contributed by atoms with Gasteiger partial charge in [0.15, 0.2) is 0 Å². The van der Waals surface area contributed by atoms with Crippen LogP contribution in [0, 0.1) is 0 Å². The number of nitrogens with one attached hydrogen (secondary N) is 1. The van der Waals surface area contributed by atoms with E-state index in [1.54, 1.807) is 0 Å². The number of fused-ring (bicyclic) bond motifs is 1. The van der Waals surface area contributed by atoms with Gasteiger partial charge >= 0.3 is 0 Å². The summed E-state index contributed by atoms with van der Waals surface area (Å²) in [5, 5.41) is 3.91. The zero-order valence-corrected chi connectivity index (χ0v) is 12.1. The van der Waals surface area contributed by atoms with E-state index in [9.17, 15) is 0 Å². The van der Waals surface area contributed by atoms with Crippen molar-refractivity contribution >= 4 is 11.8 Å². The second-order valence-electron chi connectivity index (χ2n) is 5.12. The van der Waals surface area contributed by atoms with Crippen molar-refractivity contribution in [3.8, 4) is 5.75 Å². The number of ether oxygens (including phenoxy) is 2. The van der Waals surface area contributed by atoms with Crippen LogP contribution >= 0.6 is 11.8 Å². The molecule has 4 heteroatoms. The van der Waals surface area contributed by atoms with Gasteiger partial charge < -0.3 is 14.8 Å². The highest BCUT2D eigenvalue weighted by molar-refractivity contribution is 8.00. The summed E-state index contributed by atoms with van der Waals surface area (Å²) in [5.74, 6) is 2.10. The molecule has 1 N–H and O–H groups in total. The lowest BCUT2D eigenvalue weighted by atomic mass is 10.0. The molecule has 0 spiro atoms. The maximum atomic E-state index is 5.88. The Balaban J connectivity index is 1.65. The maximum absolute atomic E-state index is 5.88. The predicted octanol–water partition coefficient (Wildman–Crippen LogP) is 2.62. The van der Waals surface area contributed by atoms with Crippen LogP contribution in [0.2, 0.25) is 0 Å². The van der Waals surface area contributed by atoms with E-state index in [1.807, 2.05) is 24.9 Å². The van der Waals surface area contributed by atoms with E-state index in [4.69, 9.17) is 9.47 Å². The van der Waals surface area contributed by atoms with E-state index in [0.29, 0.717) is 17.4 Å². The zero-order chi connectivity index (χ0) is 13.1. The molecule has 0 radical (unpaired) electrons. The first kappa shape index (κ1) is 13.3. The summed E-state index contributed by atoms with van der Waals surface area (Å²) in [4.78, 5) is 0. The molecule has 3 rings (SSSR count). The zero-order valence-electron chi connectivity index (χ0n) is 11.3. The lowest BCUT2D eigenvalue weighted by molar-refractivity contribution is 0.128. The lowest BCUT2D eigenvalue weighted by Crippen LogP contribution is -2.36. The minimum Gasteiger partial charge on any atom is -0.492 e. The average molecular weight is 279 g/mol. The van der Waals surface area contributed by atoms with Gasteiger partial charge in [-0.3, -0.25) is 0 Å². The third-order valence-electron chi connectivity index (χ3n) is 3.86. The van der Waals surface area contributed by atoms with E-state index < -0.39 is 0 Å². The molecule has 3 unspecified atom stereocenters. The van der Waals surface area contributed by atoms with E-state index in [-0.39, 0.29) is 0 Å².